The number of hydrogen-bond acceptors (Lipinski definition) is 6. The summed E-state index contributed by atoms with van der Waals surface area (Å²) in [6.07, 6.45) is 2.33. The molecule has 0 radical (unpaired) electrons. The van der Waals surface area contributed by atoms with Crippen LogP contribution in [0.2, 0.25) is 0 Å². The second-order valence-corrected chi connectivity index (χ2v) is 9.64. The Balaban J connectivity index is 1.49. The Kier molecular flexibility index (Phi) is 7.40. The van der Waals surface area contributed by atoms with E-state index in [1.54, 1.807) is 36.2 Å². The number of hydrogen-bond donors (Lipinski definition) is 3. The van der Waals surface area contributed by atoms with E-state index in [-0.39, 0.29) is 18.6 Å². The molecule has 9 heteroatoms. The van der Waals surface area contributed by atoms with Crippen molar-refractivity contribution in [1.29, 1.82) is 0 Å². The monoisotopic (exact) mass is 446 g/mol. The third-order valence-electron chi connectivity index (χ3n) is 5.27. The number of anilines is 3. The van der Waals surface area contributed by atoms with Gasteiger partial charge in [0.05, 0.1) is 18.9 Å². The lowest BCUT2D eigenvalue weighted by Gasteiger charge is -2.23. The summed E-state index contributed by atoms with van der Waals surface area (Å²) in [6, 6.07) is 14.9. The van der Waals surface area contributed by atoms with Gasteiger partial charge in [-0.3, -0.25) is 9.52 Å². The first-order valence-electron chi connectivity index (χ1n) is 10.3. The molecule has 0 spiro atoms. The number of carbonyl (C=O) groups is 1. The fourth-order valence-electron chi connectivity index (χ4n) is 3.59. The highest BCUT2D eigenvalue weighted by Gasteiger charge is 2.22. The Morgan fingerprint density at radius 2 is 1.84 bits per heavy atom. The number of nitrogens with zero attached hydrogens (tertiary/aromatic N) is 2. The summed E-state index contributed by atoms with van der Waals surface area (Å²) in [5.41, 5.74) is 3.50. The zero-order chi connectivity index (χ0) is 22.4. The Bertz CT molecular complexity index is 995. The predicted molar refractivity (Wildman–Crippen MR) is 124 cm³/mol. The second kappa shape index (κ2) is 10.0. The summed E-state index contributed by atoms with van der Waals surface area (Å²) in [5.74, 6) is -0.0348. The smallest absolute Gasteiger partial charge is 0.241 e. The zero-order valence-corrected chi connectivity index (χ0v) is 18.7. The van der Waals surface area contributed by atoms with Crippen LogP contribution in [-0.2, 0) is 21.2 Å². The second-order valence-electron chi connectivity index (χ2n) is 7.89. The predicted octanol–water partition coefficient (Wildman–Crippen LogP) is 1.74. The van der Waals surface area contributed by atoms with E-state index in [4.69, 9.17) is 0 Å². The number of aliphatic hydroxyl groups excluding tert-OH is 1. The van der Waals surface area contributed by atoms with Crippen molar-refractivity contribution in [1.82, 2.24) is 4.90 Å². The first kappa shape index (κ1) is 22.9. The fraction of sp³-hybridized carbons (Fsp3) is 0.409. The number of aliphatic hydroxyl groups is 1. The standard InChI is InChI=1S/C22H30N4O4S/c1-25(13-11-17-5-3-4-6-21(17)26-14-12-20(27)16-26)22(28)15-23-18-7-9-19(10-8-18)24-31(2,29)30/h3-10,20,23-24,27H,11-16H2,1-2H3/t20-/m0/s1. The minimum atomic E-state index is -3.31. The third-order valence-corrected chi connectivity index (χ3v) is 5.88. The van der Waals surface area contributed by atoms with Crippen LogP contribution in [0.15, 0.2) is 48.5 Å². The van der Waals surface area contributed by atoms with E-state index in [9.17, 15) is 18.3 Å². The molecule has 1 heterocycles. The van der Waals surface area contributed by atoms with Gasteiger partial charge < -0.3 is 20.2 Å². The topological polar surface area (TPSA) is 102 Å². The molecule has 0 aliphatic carbocycles. The summed E-state index contributed by atoms with van der Waals surface area (Å²) in [7, 11) is -1.53. The summed E-state index contributed by atoms with van der Waals surface area (Å²) in [5, 5.41) is 12.9. The molecular weight excluding hydrogens is 416 g/mol. The van der Waals surface area contributed by atoms with Gasteiger partial charge in [0.2, 0.25) is 15.9 Å². The van der Waals surface area contributed by atoms with Crippen molar-refractivity contribution in [2.24, 2.45) is 0 Å². The molecule has 168 valence electrons. The maximum absolute atomic E-state index is 12.5. The Morgan fingerprint density at radius 3 is 2.48 bits per heavy atom. The van der Waals surface area contributed by atoms with Gasteiger partial charge >= 0.3 is 0 Å². The molecule has 0 bridgehead atoms. The molecule has 1 amide bonds. The van der Waals surface area contributed by atoms with Gasteiger partial charge in [0.25, 0.3) is 0 Å². The largest absolute Gasteiger partial charge is 0.391 e. The van der Waals surface area contributed by atoms with Crippen LogP contribution in [0, 0.1) is 0 Å². The normalized spacial score (nSPS) is 16.2. The minimum absolute atomic E-state index is 0.0348. The van der Waals surface area contributed by atoms with Crippen LogP contribution in [0.25, 0.3) is 0 Å². The first-order chi connectivity index (χ1) is 14.7. The maximum atomic E-state index is 12.5. The molecule has 1 aliphatic heterocycles. The van der Waals surface area contributed by atoms with Crippen molar-refractivity contribution in [3.63, 3.8) is 0 Å². The van der Waals surface area contributed by atoms with Gasteiger partial charge in [0.15, 0.2) is 0 Å². The zero-order valence-electron chi connectivity index (χ0n) is 17.9. The molecule has 31 heavy (non-hydrogen) atoms. The molecule has 1 fully saturated rings. The lowest BCUT2D eigenvalue weighted by atomic mass is 10.1. The lowest BCUT2D eigenvalue weighted by molar-refractivity contribution is -0.127. The van der Waals surface area contributed by atoms with E-state index in [1.165, 1.54) is 0 Å². The van der Waals surface area contributed by atoms with Gasteiger partial charge in [-0.1, -0.05) is 18.2 Å². The van der Waals surface area contributed by atoms with E-state index >= 15 is 0 Å². The van der Waals surface area contributed by atoms with Gasteiger partial charge in [-0.05, 0) is 48.7 Å². The van der Waals surface area contributed by atoms with E-state index in [0.29, 0.717) is 18.8 Å². The number of sulfonamides is 1. The van der Waals surface area contributed by atoms with Gasteiger partial charge in [-0.15, -0.1) is 0 Å². The molecule has 1 atom stereocenters. The Labute approximate surface area is 183 Å². The molecule has 2 aromatic carbocycles. The number of carbonyl (C=O) groups excluding carboxylic acids is 1. The summed E-state index contributed by atoms with van der Waals surface area (Å²) in [6.45, 7) is 2.23. The molecule has 3 rings (SSSR count). The summed E-state index contributed by atoms with van der Waals surface area (Å²) in [4.78, 5) is 16.4. The van der Waals surface area contributed by atoms with E-state index in [2.05, 4.69) is 27.1 Å². The molecule has 0 aromatic heterocycles. The summed E-state index contributed by atoms with van der Waals surface area (Å²) < 4.78 is 24.9. The fourth-order valence-corrected chi connectivity index (χ4v) is 4.15. The van der Waals surface area contributed by atoms with Gasteiger partial charge in [-0.25, -0.2) is 8.42 Å². The highest BCUT2D eigenvalue weighted by Crippen LogP contribution is 2.25. The van der Waals surface area contributed by atoms with Gasteiger partial charge in [0.1, 0.15) is 0 Å². The number of rotatable bonds is 9. The van der Waals surface area contributed by atoms with Crippen molar-refractivity contribution in [2.75, 3.05) is 54.4 Å². The van der Waals surface area contributed by atoms with Crippen LogP contribution in [-0.4, -0.2) is 69.9 Å². The van der Waals surface area contributed by atoms with Crippen molar-refractivity contribution in [3.8, 4) is 0 Å². The average molecular weight is 447 g/mol. The number of para-hydroxylation sites is 1. The number of nitrogens with one attached hydrogen (secondary N) is 2. The van der Waals surface area contributed by atoms with Crippen molar-refractivity contribution < 1.29 is 18.3 Å². The number of benzene rings is 2. The number of amides is 1. The highest BCUT2D eigenvalue weighted by molar-refractivity contribution is 7.92. The van der Waals surface area contributed by atoms with Crippen LogP contribution in [0.1, 0.15) is 12.0 Å². The van der Waals surface area contributed by atoms with E-state index < -0.39 is 10.0 Å². The molecule has 8 nitrogen and oxygen atoms in total. The first-order valence-corrected chi connectivity index (χ1v) is 12.2. The maximum Gasteiger partial charge on any atom is 0.241 e. The average Bonchev–Trinajstić information content (AvgIpc) is 3.16. The van der Waals surface area contributed by atoms with Crippen LogP contribution < -0.4 is 14.9 Å². The quantitative estimate of drug-likeness (QED) is 0.542. The van der Waals surface area contributed by atoms with E-state index in [1.807, 2.05) is 12.1 Å². The van der Waals surface area contributed by atoms with Crippen molar-refractivity contribution >= 4 is 33.0 Å². The molecule has 2 aromatic rings. The molecule has 0 saturated carbocycles. The van der Waals surface area contributed by atoms with Crippen LogP contribution in [0.3, 0.4) is 0 Å². The molecule has 1 aliphatic rings. The van der Waals surface area contributed by atoms with Crippen LogP contribution >= 0.6 is 0 Å². The minimum Gasteiger partial charge on any atom is -0.391 e. The summed E-state index contributed by atoms with van der Waals surface area (Å²) >= 11 is 0. The number of β-amino-alcohol motifs (C(OH)–C–C–N with tert-alkyl or cyclic N) is 1. The van der Waals surface area contributed by atoms with Gasteiger partial charge in [0, 0.05) is 43.7 Å². The number of likely N-dealkylation sites (N-methyl/N-ethyl adjacent to an activating group) is 1. The third kappa shape index (κ3) is 6.86. The Morgan fingerprint density at radius 1 is 1.16 bits per heavy atom. The molecule has 3 N–H and O–H groups in total. The SMILES string of the molecule is CN(CCc1ccccc1N1CC[C@H](O)C1)C(=O)CNc1ccc(NS(C)(=O)=O)cc1. The van der Waals surface area contributed by atoms with Crippen LogP contribution in [0.4, 0.5) is 17.1 Å². The van der Waals surface area contributed by atoms with Crippen molar-refractivity contribution in [3.05, 3.63) is 54.1 Å². The van der Waals surface area contributed by atoms with Crippen molar-refractivity contribution in [2.45, 2.75) is 18.9 Å². The molecule has 0 unspecified atom stereocenters. The molecule has 1 saturated heterocycles. The van der Waals surface area contributed by atoms with E-state index in [0.717, 1.165) is 42.6 Å². The highest BCUT2D eigenvalue weighted by atomic mass is 32.2. The Hall–Kier alpha value is -2.78. The molecular formula is C22H30N4O4S. The van der Waals surface area contributed by atoms with Crippen LogP contribution in [0.5, 0.6) is 0 Å². The van der Waals surface area contributed by atoms with Gasteiger partial charge in [-0.2, -0.15) is 0 Å². The lowest BCUT2D eigenvalue weighted by Crippen LogP contribution is -2.34.